The van der Waals surface area contributed by atoms with Crippen molar-refractivity contribution < 1.29 is 23.5 Å². The van der Waals surface area contributed by atoms with Gasteiger partial charge in [-0.3, -0.25) is 14.4 Å². The number of nitrogens with one attached hydrogen (secondary N) is 3. The molecular weight excluding hydrogens is 424 g/mol. The molecule has 9 heteroatoms. The number of aryl methyl sites for hydroxylation is 1. The smallest absolute Gasteiger partial charge is 0.329 e. The van der Waals surface area contributed by atoms with Gasteiger partial charge in [-0.25, -0.2) is 5.43 Å². The van der Waals surface area contributed by atoms with Gasteiger partial charge in [0, 0.05) is 11.3 Å². The molecule has 0 aliphatic carbocycles. The van der Waals surface area contributed by atoms with E-state index in [0.29, 0.717) is 17.1 Å². The molecule has 0 bridgehead atoms. The molecule has 0 atom stereocenters. The summed E-state index contributed by atoms with van der Waals surface area (Å²) in [6.45, 7) is 1.90. The molecule has 170 valence electrons. The normalized spacial score (nSPS) is 10.6. The molecule has 2 aromatic carbocycles. The average molecular weight is 448 g/mol. The summed E-state index contributed by atoms with van der Waals surface area (Å²) >= 11 is 0. The topological polar surface area (TPSA) is 122 Å². The third-order valence-electron chi connectivity index (χ3n) is 4.53. The maximum Gasteiger partial charge on any atom is 0.329 e. The molecule has 3 N–H and O–H groups in total. The van der Waals surface area contributed by atoms with Gasteiger partial charge in [-0.1, -0.05) is 37.3 Å². The van der Waals surface area contributed by atoms with Crippen molar-refractivity contribution in [2.45, 2.75) is 19.9 Å². The maximum atomic E-state index is 12.3. The summed E-state index contributed by atoms with van der Waals surface area (Å²) in [5.41, 5.74) is 4.45. The Morgan fingerprint density at radius 2 is 1.79 bits per heavy atom. The van der Waals surface area contributed by atoms with Crippen LogP contribution in [0, 0.1) is 0 Å². The fraction of sp³-hybridized carbons (Fsp3) is 0.167. The van der Waals surface area contributed by atoms with Crippen LogP contribution in [0.3, 0.4) is 0 Å². The molecule has 3 rings (SSSR count). The van der Waals surface area contributed by atoms with Gasteiger partial charge in [-0.15, -0.1) is 0 Å². The van der Waals surface area contributed by atoms with Crippen LogP contribution in [0.1, 0.15) is 23.8 Å². The summed E-state index contributed by atoms with van der Waals surface area (Å²) in [5.74, 6) is -1.16. The van der Waals surface area contributed by atoms with Crippen LogP contribution >= 0.6 is 0 Å². The van der Waals surface area contributed by atoms with Gasteiger partial charge in [-0.2, -0.15) is 5.10 Å². The fourth-order valence-electron chi connectivity index (χ4n) is 2.87. The number of para-hydroxylation sites is 2. The van der Waals surface area contributed by atoms with Crippen molar-refractivity contribution >= 4 is 29.6 Å². The Balaban J connectivity index is 1.51. The number of rotatable bonds is 9. The zero-order chi connectivity index (χ0) is 23.5. The lowest BCUT2D eigenvalue weighted by Crippen LogP contribution is -2.37. The van der Waals surface area contributed by atoms with E-state index in [9.17, 15) is 14.4 Å². The lowest BCUT2D eigenvalue weighted by atomic mass is 10.1. The molecule has 1 heterocycles. The van der Waals surface area contributed by atoms with Gasteiger partial charge < -0.3 is 19.8 Å². The van der Waals surface area contributed by atoms with Crippen molar-refractivity contribution in [1.29, 1.82) is 0 Å². The van der Waals surface area contributed by atoms with Gasteiger partial charge in [-0.05, 0) is 42.3 Å². The van der Waals surface area contributed by atoms with Crippen molar-refractivity contribution in [1.82, 2.24) is 10.7 Å². The highest BCUT2D eigenvalue weighted by Gasteiger charge is 2.13. The van der Waals surface area contributed by atoms with Crippen molar-refractivity contribution in [3.05, 3.63) is 83.8 Å². The van der Waals surface area contributed by atoms with Crippen molar-refractivity contribution in [3.8, 4) is 5.75 Å². The van der Waals surface area contributed by atoms with Crippen LogP contribution in [0.15, 0.2) is 76.4 Å². The number of carbonyl (C=O) groups excluding carboxylic acids is 3. The summed E-state index contributed by atoms with van der Waals surface area (Å²) < 4.78 is 10.7. The SMILES string of the molecule is CCc1ccccc1NC(=O)COc1ccccc1/C=N\NC(=O)C(=O)NCc1ccco1. The molecule has 0 aliphatic heterocycles. The number of ether oxygens (including phenoxy) is 1. The van der Waals surface area contributed by atoms with Crippen molar-refractivity contribution in [3.63, 3.8) is 0 Å². The van der Waals surface area contributed by atoms with Crippen LogP contribution in [0.4, 0.5) is 5.69 Å². The number of carbonyl (C=O) groups is 3. The van der Waals surface area contributed by atoms with E-state index in [1.807, 2.05) is 31.2 Å². The zero-order valence-electron chi connectivity index (χ0n) is 18.0. The molecule has 3 amide bonds. The van der Waals surface area contributed by atoms with Gasteiger partial charge in [0.15, 0.2) is 6.61 Å². The van der Waals surface area contributed by atoms with E-state index in [-0.39, 0.29) is 19.1 Å². The minimum absolute atomic E-state index is 0.0877. The Morgan fingerprint density at radius 1 is 1.00 bits per heavy atom. The molecular formula is C24H24N4O5. The van der Waals surface area contributed by atoms with Gasteiger partial charge >= 0.3 is 11.8 Å². The predicted octanol–water partition coefficient (Wildman–Crippen LogP) is 2.63. The number of furan rings is 1. The Hall–Kier alpha value is -4.40. The zero-order valence-corrected chi connectivity index (χ0v) is 18.0. The minimum atomic E-state index is -0.926. The van der Waals surface area contributed by atoms with E-state index in [2.05, 4.69) is 21.2 Å². The highest BCUT2D eigenvalue weighted by atomic mass is 16.5. The molecule has 1 aromatic heterocycles. The number of benzene rings is 2. The molecule has 0 unspecified atom stereocenters. The molecule has 0 radical (unpaired) electrons. The molecule has 0 saturated carbocycles. The third kappa shape index (κ3) is 7.06. The molecule has 0 spiro atoms. The average Bonchev–Trinajstić information content (AvgIpc) is 3.36. The van der Waals surface area contributed by atoms with Crippen LogP contribution in [0.5, 0.6) is 5.75 Å². The van der Waals surface area contributed by atoms with Gasteiger partial charge in [0.2, 0.25) is 0 Å². The van der Waals surface area contributed by atoms with Crippen LogP contribution in [-0.4, -0.2) is 30.5 Å². The van der Waals surface area contributed by atoms with E-state index < -0.39 is 11.8 Å². The monoisotopic (exact) mass is 448 g/mol. The second-order valence-electron chi connectivity index (χ2n) is 6.85. The van der Waals surface area contributed by atoms with E-state index in [1.165, 1.54) is 12.5 Å². The molecule has 3 aromatic rings. The molecule has 33 heavy (non-hydrogen) atoms. The Labute approximate surface area is 190 Å². The lowest BCUT2D eigenvalue weighted by molar-refractivity contribution is -0.139. The number of anilines is 1. The summed E-state index contributed by atoms with van der Waals surface area (Å²) in [6, 6.07) is 17.8. The van der Waals surface area contributed by atoms with Gasteiger partial charge in [0.1, 0.15) is 11.5 Å². The lowest BCUT2D eigenvalue weighted by Gasteiger charge is -2.11. The largest absolute Gasteiger partial charge is 0.483 e. The van der Waals surface area contributed by atoms with E-state index in [0.717, 1.165) is 17.7 Å². The van der Waals surface area contributed by atoms with E-state index in [1.54, 1.807) is 36.4 Å². The highest BCUT2D eigenvalue weighted by molar-refractivity contribution is 6.35. The molecule has 0 saturated heterocycles. The third-order valence-corrected chi connectivity index (χ3v) is 4.53. The maximum absolute atomic E-state index is 12.3. The van der Waals surface area contributed by atoms with Crippen molar-refractivity contribution in [2.24, 2.45) is 5.10 Å². The second-order valence-corrected chi connectivity index (χ2v) is 6.85. The summed E-state index contributed by atoms with van der Waals surface area (Å²) in [5, 5.41) is 9.05. The van der Waals surface area contributed by atoms with Crippen LogP contribution in [-0.2, 0) is 27.3 Å². The first kappa shape index (κ1) is 23.3. The van der Waals surface area contributed by atoms with Crippen LogP contribution in [0.2, 0.25) is 0 Å². The molecule has 0 aliphatic rings. The number of nitrogens with zero attached hydrogens (tertiary/aromatic N) is 1. The summed E-state index contributed by atoms with van der Waals surface area (Å²) in [7, 11) is 0. The van der Waals surface area contributed by atoms with Gasteiger partial charge in [0.05, 0.1) is 19.0 Å². The Kier molecular flexibility index (Phi) is 8.35. The highest BCUT2D eigenvalue weighted by Crippen LogP contribution is 2.17. The van der Waals surface area contributed by atoms with Crippen molar-refractivity contribution in [2.75, 3.05) is 11.9 Å². The van der Waals surface area contributed by atoms with E-state index in [4.69, 9.17) is 9.15 Å². The Morgan fingerprint density at radius 3 is 2.58 bits per heavy atom. The number of hydrazone groups is 1. The number of hydrogen-bond acceptors (Lipinski definition) is 6. The molecule has 9 nitrogen and oxygen atoms in total. The first-order chi connectivity index (χ1) is 16.1. The molecule has 0 fully saturated rings. The van der Waals surface area contributed by atoms with E-state index >= 15 is 0 Å². The first-order valence-electron chi connectivity index (χ1n) is 10.3. The number of amides is 3. The minimum Gasteiger partial charge on any atom is -0.483 e. The first-order valence-corrected chi connectivity index (χ1v) is 10.3. The predicted molar refractivity (Wildman–Crippen MR) is 123 cm³/mol. The Bertz CT molecular complexity index is 1130. The van der Waals surface area contributed by atoms with Crippen LogP contribution < -0.4 is 20.8 Å². The van der Waals surface area contributed by atoms with Crippen LogP contribution in [0.25, 0.3) is 0 Å². The quantitative estimate of drug-likeness (QED) is 0.264. The summed E-state index contributed by atoms with van der Waals surface area (Å²) in [4.78, 5) is 36.0. The number of hydrogen-bond donors (Lipinski definition) is 3. The standard InChI is InChI=1S/C24H24N4O5/c1-2-17-8-3-5-11-20(17)27-22(29)16-33-21-12-6-4-9-18(21)14-26-28-24(31)23(30)25-15-19-10-7-13-32-19/h3-14H,2,15-16H2,1H3,(H,25,30)(H,27,29)(H,28,31)/b26-14-. The summed E-state index contributed by atoms with van der Waals surface area (Å²) in [6.07, 6.45) is 3.60. The fourth-order valence-corrected chi connectivity index (χ4v) is 2.87. The van der Waals surface area contributed by atoms with Gasteiger partial charge in [0.25, 0.3) is 5.91 Å². The second kappa shape index (κ2) is 11.8.